The van der Waals surface area contributed by atoms with Crippen molar-refractivity contribution >= 4 is 39.0 Å². The molecule has 0 fully saturated rings. The monoisotopic (exact) mass is 395 g/mol. The smallest absolute Gasteiger partial charge is 0.249 e. The van der Waals surface area contributed by atoms with Crippen LogP contribution in [0.4, 0.5) is 0 Å². The molecule has 0 saturated carbocycles. The maximum Gasteiger partial charge on any atom is 0.249 e. The number of benzene rings is 3. The quantitative estimate of drug-likeness (QED) is 0.412. The Bertz CT molecular complexity index is 1360. The van der Waals surface area contributed by atoms with Crippen molar-refractivity contribution in [2.45, 2.75) is 13.5 Å². The Kier molecular flexibility index (Phi) is 4.22. The summed E-state index contributed by atoms with van der Waals surface area (Å²) in [5.74, 6) is -0.416. The van der Waals surface area contributed by atoms with Gasteiger partial charge in [-0.3, -0.25) is 4.79 Å². The number of aryl methyl sites for hydroxylation is 1. The lowest BCUT2D eigenvalue weighted by Crippen LogP contribution is -2.11. The van der Waals surface area contributed by atoms with Gasteiger partial charge in [-0.05, 0) is 59.8 Å². The molecule has 0 saturated heterocycles. The molecule has 0 unspecified atom stereocenters. The predicted molar refractivity (Wildman–Crippen MR) is 120 cm³/mol. The Hall–Kier alpha value is -3.37. The molecule has 29 heavy (non-hydrogen) atoms. The zero-order chi connectivity index (χ0) is 20.0. The summed E-state index contributed by atoms with van der Waals surface area (Å²) < 4.78 is 2.26. The zero-order valence-electron chi connectivity index (χ0n) is 16.0. The van der Waals surface area contributed by atoms with Crippen LogP contribution in [-0.2, 0) is 6.54 Å². The van der Waals surface area contributed by atoms with Gasteiger partial charge in [-0.2, -0.15) is 0 Å². The van der Waals surface area contributed by atoms with E-state index in [-0.39, 0.29) is 0 Å². The van der Waals surface area contributed by atoms with Crippen LogP contribution in [0, 0.1) is 13.0 Å². The normalized spacial score (nSPS) is 11.3. The molecule has 0 aliphatic heterocycles. The van der Waals surface area contributed by atoms with E-state index in [2.05, 4.69) is 71.5 Å². The zero-order valence-corrected chi connectivity index (χ0v) is 16.8. The van der Waals surface area contributed by atoms with Gasteiger partial charge in [0.1, 0.15) is 0 Å². The summed E-state index contributed by atoms with van der Waals surface area (Å²) in [6.45, 7) is 2.81. The fourth-order valence-electron chi connectivity index (χ4n) is 4.01. The van der Waals surface area contributed by atoms with Gasteiger partial charge in [-0.15, -0.1) is 11.3 Å². The molecule has 2 N–H and O–H groups in total. The Balaban J connectivity index is 1.82. The van der Waals surface area contributed by atoms with Crippen molar-refractivity contribution < 1.29 is 4.79 Å². The summed E-state index contributed by atoms with van der Waals surface area (Å²) >= 11 is 1.71. The molecule has 1 radical (unpaired) electrons. The second-order valence-electron chi connectivity index (χ2n) is 7.27. The molecule has 0 spiro atoms. The number of carbonyl (C=O) groups excluding carboxylic acids is 1. The average Bonchev–Trinajstić information content (AvgIpc) is 3.35. The largest absolute Gasteiger partial charge is 0.366 e. The Labute approximate surface area is 173 Å². The summed E-state index contributed by atoms with van der Waals surface area (Å²) in [5, 5.41) is 3.88. The number of hydrogen-bond acceptors (Lipinski definition) is 2. The second-order valence-corrected chi connectivity index (χ2v) is 8.21. The molecule has 0 bridgehead atoms. The molecule has 0 aliphatic rings. The molecule has 5 aromatic rings. The molecule has 3 nitrogen and oxygen atoms in total. The maximum atomic E-state index is 12.1. The summed E-state index contributed by atoms with van der Waals surface area (Å²) in [5.41, 5.74) is 11.9. The number of nitrogens with zero attached hydrogens (tertiary/aromatic N) is 1. The molecular weight excluding hydrogens is 376 g/mol. The highest BCUT2D eigenvalue weighted by Crippen LogP contribution is 2.35. The number of rotatable bonds is 4. The van der Waals surface area contributed by atoms with Crippen LogP contribution in [0.25, 0.3) is 32.2 Å². The van der Waals surface area contributed by atoms with E-state index in [4.69, 9.17) is 5.73 Å². The van der Waals surface area contributed by atoms with Crippen LogP contribution in [0.5, 0.6) is 0 Å². The highest BCUT2D eigenvalue weighted by molar-refractivity contribution is 7.13. The Morgan fingerprint density at radius 2 is 1.93 bits per heavy atom. The lowest BCUT2D eigenvalue weighted by atomic mass is 10.0. The van der Waals surface area contributed by atoms with Gasteiger partial charge in [-0.1, -0.05) is 42.0 Å². The molecular formula is C25H19N2OS. The summed E-state index contributed by atoms with van der Waals surface area (Å²) in [6.07, 6.45) is 0. The minimum atomic E-state index is -0.416. The number of hydrogen-bond donors (Lipinski definition) is 1. The molecule has 0 atom stereocenters. The summed E-state index contributed by atoms with van der Waals surface area (Å²) in [6, 6.07) is 26.1. The molecule has 3 aromatic carbocycles. The lowest BCUT2D eigenvalue weighted by Gasteiger charge is -2.09. The minimum absolute atomic E-state index is 0.416. The third-order valence-corrected chi connectivity index (χ3v) is 6.21. The molecule has 2 heterocycles. The SMILES string of the molecule is Cc1cccc(Cn2c3cc(-c4cccs4)c[c]c3c3c(C(N)=O)cccc32)c1. The first-order valence-electron chi connectivity index (χ1n) is 9.48. The van der Waals surface area contributed by atoms with Crippen LogP contribution in [0.3, 0.4) is 0 Å². The van der Waals surface area contributed by atoms with Crippen LogP contribution < -0.4 is 5.73 Å². The van der Waals surface area contributed by atoms with Gasteiger partial charge in [0.25, 0.3) is 0 Å². The number of amides is 1. The van der Waals surface area contributed by atoms with E-state index in [1.165, 1.54) is 16.0 Å². The number of nitrogens with two attached hydrogens (primary N) is 1. The maximum absolute atomic E-state index is 12.1. The Morgan fingerprint density at radius 3 is 2.69 bits per heavy atom. The number of fused-ring (bicyclic) bond motifs is 3. The molecule has 1 amide bonds. The van der Waals surface area contributed by atoms with Crippen molar-refractivity contribution in [1.29, 1.82) is 0 Å². The van der Waals surface area contributed by atoms with E-state index in [0.29, 0.717) is 12.1 Å². The van der Waals surface area contributed by atoms with E-state index >= 15 is 0 Å². The van der Waals surface area contributed by atoms with Crippen molar-refractivity contribution in [3.05, 3.63) is 94.9 Å². The van der Waals surface area contributed by atoms with Crippen molar-refractivity contribution in [2.75, 3.05) is 0 Å². The van der Waals surface area contributed by atoms with Gasteiger partial charge in [0, 0.05) is 27.8 Å². The van der Waals surface area contributed by atoms with Crippen LogP contribution in [0.2, 0.25) is 0 Å². The number of carbonyl (C=O) groups is 1. The minimum Gasteiger partial charge on any atom is -0.366 e. The van der Waals surface area contributed by atoms with E-state index in [9.17, 15) is 4.79 Å². The van der Waals surface area contributed by atoms with Gasteiger partial charge in [0.05, 0.1) is 11.0 Å². The third kappa shape index (κ3) is 3.02. The van der Waals surface area contributed by atoms with Gasteiger partial charge in [0.2, 0.25) is 5.91 Å². The Morgan fingerprint density at radius 1 is 1.07 bits per heavy atom. The van der Waals surface area contributed by atoms with Gasteiger partial charge in [0.15, 0.2) is 0 Å². The second kappa shape index (κ2) is 6.90. The van der Waals surface area contributed by atoms with Crippen LogP contribution in [-0.4, -0.2) is 10.5 Å². The first kappa shape index (κ1) is 17.7. The van der Waals surface area contributed by atoms with Crippen LogP contribution >= 0.6 is 11.3 Å². The number of aromatic nitrogens is 1. The lowest BCUT2D eigenvalue weighted by molar-refractivity contribution is 0.100. The van der Waals surface area contributed by atoms with Crippen molar-refractivity contribution in [3.63, 3.8) is 0 Å². The fourth-order valence-corrected chi connectivity index (χ4v) is 4.72. The van der Waals surface area contributed by atoms with Crippen LogP contribution in [0.1, 0.15) is 21.5 Å². The predicted octanol–water partition coefficient (Wildman–Crippen LogP) is 5.78. The van der Waals surface area contributed by atoms with E-state index in [0.717, 1.165) is 27.4 Å². The van der Waals surface area contributed by atoms with Crippen molar-refractivity contribution in [3.8, 4) is 10.4 Å². The summed E-state index contributed by atoms with van der Waals surface area (Å²) in [7, 11) is 0. The van der Waals surface area contributed by atoms with E-state index in [1.54, 1.807) is 17.4 Å². The molecule has 5 rings (SSSR count). The molecule has 141 valence electrons. The van der Waals surface area contributed by atoms with Gasteiger partial charge in [-0.25, -0.2) is 0 Å². The van der Waals surface area contributed by atoms with E-state index in [1.807, 2.05) is 12.1 Å². The van der Waals surface area contributed by atoms with Gasteiger partial charge >= 0.3 is 0 Å². The average molecular weight is 396 g/mol. The first-order chi connectivity index (χ1) is 14.1. The summed E-state index contributed by atoms with van der Waals surface area (Å²) in [4.78, 5) is 13.3. The molecule has 4 heteroatoms. The molecule has 2 aromatic heterocycles. The fraction of sp³-hybridized carbons (Fsp3) is 0.0800. The third-order valence-electron chi connectivity index (χ3n) is 5.29. The standard InChI is InChI=1S/C25H19N2OS/c1-16-5-2-6-17(13-16)15-27-21-8-3-7-20(25(26)28)24(21)19-11-10-18(14-22(19)27)23-9-4-12-29-23/h2-10,12-14H,15H2,1H3,(H2,26,28). The molecule has 0 aliphatic carbocycles. The highest BCUT2D eigenvalue weighted by atomic mass is 32.1. The first-order valence-corrected chi connectivity index (χ1v) is 10.4. The van der Waals surface area contributed by atoms with Gasteiger partial charge < -0.3 is 10.3 Å². The van der Waals surface area contributed by atoms with Crippen molar-refractivity contribution in [1.82, 2.24) is 4.57 Å². The topological polar surface area (TPSA) is 48.0 Å². The van der Waals surface area contributed by atoms with Crippen LogP contribution in [0.15, 0.2) is 72.1 Å². The highest BCUT2D eigenvalue weighted by Gasteiger charge is 2.17. The number of thiophene rings is 1. The van der Waals surface area contributed by atoms with Crippen molar-refractivity contribution in [2.24, 2.45) is 5.73 Å². The van der Waals surface area contributed by atoms with E-state index < -0.39 is 5.91 Å². The number of primary amides is 1.